The lowest BCUT2D eigenvalue weighted by Crippen LogP contribution is -2.15. The Morgan fingerprint density at radius 3 is 2.64 bits per heavy atom. The fraction of sp³-hybridized carbons (Fsp3) is 0.455. The molecule has 78 valence electrons. The predicted octanol–water partition coefficient (Wildman–Crippen LogP) is 2.32. The van der Waals surface area contributed by atoms with E-state index in [9.17, 15) is 0 Å². The van der Waals surface area contributed by atoms with Crippen LogP contribution in [-0.2, 0) is 6.54 Å². The molecule has 0 fully saturated rings. The largest absolute Gasteiger partial charge is 0.496 e. The van der Waals surface area contributed by atoms with E-state index >= 15 is 0 Å². The number of hydrogen-bond acceptors (Lipinski definition) is 3. The highest BCUT2D eigenvalue weighted by molar-refractivity contribution is 7.80. The summed E-state index contributed by atoms with van der Waals surface area (Å²) in [6.45, 7) is 2.98. The third-order valence-electron chi connectivity index (χ3n) is 2.15. The highest BCUT2D eigenvalue weighted by atomic mass is 32.1. The Labute approximate surface area is 91.3 Å². The summed E-state index contributed by atoms with van der Waals surface area (Å²) in [5.41, 5.74) is 2.47. The van der Waals surface area contributed by atoms with E-state index in [-0.39, 0.29) is 0 Å². The van der Waals surface area contributed by atoms with Gasteiger partial charge in [-0.2, -0.15) is 12.6 Å². The smallest absolute Gasteiger partial charge is 0.121 e. The monoisotopic (exact) mass is 211 g/mol. The third kappa shape index (κ3) is 2.93. The Hall–Kier alpha value is -0.670. The minimum absolute atomic E-state index is 0.769. The van der Waals surface area contributed by atoms with E-state index < -0.39 is 0 Å². The van der Waals surface area contributed by atoms with Crippen molar-refractivity contribution in [1.82, 2.24) is 4.90 Å². The van der Waals surface area contributed by atoms with Crippen LogP contribution >= 0.6 is 12.6 Å². The molecule has 0 aromatic heterocycles. The summed E-state index contributed by atoms with van der Waals surface area (Å²) in [6, 6.07) is 6.25. The van der Waals surface area contributed by atoms with Gasteiger partial charge < -0.3 is 4.74 Å². The van der Waals surface area contributed by atoms with Crippen molar-refractivity contribution in [3.8, 4) is 5.75 Å². The summed E-state index contributed by atoms with van der Waals surface area (Å²) in [4.78, 5) is 2.14. The number of ether oxygens (including phenoxy) is 1. The van der Waals surface area contributed by atoms with Crippen LogP contribution in [0.25, 0.3) is 0 Å². The quantitative estimate of drug-likeness (QED) is 0.606. The molecule has 14 heavy (non-hydrogen) atoms. The van der Waals surface area contributed by atoms with Gasteiger partial charge in [0, 0.05) is 12.4 Å². The van der Waals surface area contributed by atoms with Gasteiger partial charge in [-0.3, -0.25) is 4.90 Å². The molecule has 1 aromatic rings. The lowest BCUT2D eigenvalue weighted by Gasteiger charge is -2.14. The molecule has 0 heterocycles. The molecule has 3 heteroatoms. The molecule has 0 saturated carbocycles. The molecule has 0 radical (unpaired) electrons. The number of nitrogens with zero attached hydrogens (tertiary/aromatic N) is 1. The van der Waals surface area contributed by atoms with Crippen LogP contribution in [0, 0.1) is 6.92 Å². The number of hydrogen-bond donors (Lipinski definition) is 1. The molecule has 0 aliphatic carbocycles. The maximum Gasteiger partial charge on any atom is 0.121 e. The van der Waals surface area contributed by atoms with Crippen LogP contribution in [0.4, 0.5) is 0 Å². The second kappa shape index (κ2) is 5.27. The third-order valence-corrected chi connectivity index (χ3v) is 2.64. The summed E-state index contributed by atoms with van der Waals surface area (Å²) in [7, 11) is 3.74. The highest BCUT2D eigenvalue weighted by Gasteiger charge is 2.01. The number of benzene rings is 1. The first-order chi connectivity index (χ1) is 6.67. The Bertz CT molecular complexity index is 301. The molecule has 2 nitrogen and oxygen atoms in total. The minimum Gasteiger partial charge on any atom is -0.496 e. The second-order valence-corrected chi connectivity index (χ2v) is 3.74. The van der Waals surface area contributed by atoms with E-state index in [0.717, 1.165) is 18.2 Å². The lowest BCUT2D eigenvalue weighted by atomic mass is 10.1. The number of methoxy groups -OCH3 is 1. The molecule has 1 aromatic carbocycles. The van der Waals surface area contributed by atoms with Crippen LogP contribution in [-0.4, -0.2) is 24.9 Å². The summed E-state index contributed by atoms with van der Waals surface area (Å²) in [6.07, 6.45) is 0. The van der Waals surface area contributed by atoms with Crippen LogP contribution in [0.2, 0.25) is 0 Å². The van der Waals surface area contributed by atoms with Gasteiger partial charge in [0.1, 0.15) is 5.75 Å². The average molecular weight is 211 g/mol. The van der Waals surface area contributed by atoms with Gasteiger partial charge in [-0.15, -0.1) is 0 Å². The first-order valence-electron chi connectivity index (χ1n) is 4.60. The fourth-order valence-corrected chi connectivity index (χ4v) is 1.50. The first kappa shape index (κ1) is 11.4. The summed E-state index contributed by atoms with van der Waals surface area (Å²) in [5, 5.41) is 0. The zero-order chi connectivity index (χ0) is 10.6. The SMILES string of the molecule is COc1ccc(CN(C)CS)cc1C. The maximum absolute atomic E-state index is 5.20. The van der Waals surface area contributed by atoms with Crippen molar-refractivity contribution in [2.45, 2.75) is 13.5 Å². The van der Waals surface area contributed by atoms with Gasteiger partial charge in [0.05, 0.1) is 7.11 Å². The topological polar surface area (TPSA) is 12.5 Å². The predicted molar refractivity (Wildman–Crippen MR) is 63.1 cm³/mol. The van der Waals surface area contributed by atoms with E-state index in [2.05, 4.69) is 36.6 Å². The van der Waals surface area contributed by atoms with Crippen molar-refractivity contribution in [3.63, 3.8) is 0 Å². The van der Waals surface area contributed by atoms with Crippen molar-refractivity contribution in [2.75, 3.05) is 20.0 Å². The van der Waals surface area contributed by atoms with Crippen molar-refractivity contribution in [2.24, 2.45) is 0 Å². The summed E-state index contributed by atoms with van der Waals surface area (Å²) >= 11 is 4.21. The lowest BCUT2D eigenvalue weighted by molar-refractivity contribution is 0.385. The zero-order valence-corrected chi connectivity index (χ0v) is 9.84. The standard InChI is InChI=1S/C11H17NOS/c1-9-6-10(7-12(2)8-14)4-5-11(9)13-3/h4-6,14H,7-8H2,1-3H3. The Morgan fingerprint density at radius 2 is 2.14 bits per heavy atom. The van der Waals surface area contributed by atoms with E-state index in [4.69, 9.17) is 4.74 Å². The molecule has 0 unspecified atom stereocenters. The molecule has 0 amide bonds. The van der Waals surface area contributed by atoms with Crippen molar-refractivity contribution < 1.29 is 4.74 Å². The Kier molecular flexibility index (Phi) is 4.29. The average Bonchev–Trinajstić information content (AvgIpc) is 2.18. The van der Waals surface area contributed by atoms with Crippen LogP contribution in [0.5, 0.6) is 5.75 Å². The van der Waals surface area contributed by atoms with E-state index in [1.165, 1.54) is 11.1 Å². The maximum atomic E-state index is 5.20. The van der Waals surface area contributed by atoms with Crippen LogP contribution < -0.4 is 4.74 Å². The molecule has 0 bridgehead atoms. The van der Waals surface area contributed by atoms with Gasteiger partial charge in [-0.05, 0) is 31.2 Å². The molecule has 0 atom stereocenters. The fourth-order valence-electron chi connectivity index (χ4n) is 1.40. The molecule has 1 rings (SSSR count). The molecular weight excluding hydrogens is 194 g/mol. The molecule has 0 aliphatic rings. The van der Waals surface area contributed by atoms with Gasteiger partial charge in [-0.1, -0.05) is 12.1 Å². The van der Waals surface area contributed by atoms with Gasteiger partial charge in [0.25, 0.3) is 0 Å². The van der Waals surface area contributed by atoms with Crippen LogP contribution in [0.1, 0.15) is 11.1 Å². The normalized spacial score (nSPS) is 10.6. The van der Waals surface area contributed by atoms with Gasteiger partial charge in [-0.25, -0.2) is 0 Å². The van der Waals surface area contributed by atoms with E-state index in [1.54, 1.807) is 7.11 Å². The minimum atomic E-state index is 0.769. The molecule has 0 N–H and O–H groups in total. The van der Waals surface area contributed by atoms with Crippen molar-refractivity contribution >= 4 is 12.6 Å². The second-order valence-electron chi connectivity index (χ2n) is 3.46. The van der Waals surface area contributed by atoms with E-state index in [0.29, 0.717) is 0 Å². The Balaban J connectivity index is 2.76. The molecule has 0 saturated heterocycles. The molecule has 0 spiro atoms. The van der Waals surface area contributed by atoms with E-state index in [1.807, 2.05) is 13.1 Å². The van der Waals surface area contributed by atoms with Crippen molar-refractivity contribution in [1.29, 1.82) is 0 Å². The number of rotatable bonds is 4. The van der Waals surface area contributed by atoms with Crippen molar-refractivity contribution in [3.05, 3.63) is 29.3 Å². The zero-order valence-electron chi connectivity index (χ0n) is 8.95. The first-order valence-corrected chi connectivity index (χ1v) is 5.23. The Morgan fingerprint density at radius 1 is 1.43 bits per heavy atom. The number of thiol groups is 1. The van der Waals surface area contributed by atoms with Crippen LogP contribution in [0.3, 0.4) is 0 Å². The molecule has 0 aliphatic heterocycles. The van der Waals surface area contributed by atoms with Gasteiger partial charge >= 0.3 is 0 Å². The van der Waals surface area contributed by atoms with Gasteiger partial charge in [0.15, 0.2) is 0 Å². The molecular formula is C11H17NOS. The number of aryl methyl sites for hydroxylation is 1. The summed E-state index contributed by atoms with van der Waals surface area (Å²) < 4.78 is 5.20. The highest BCUT2D eigenvalue weighted by Crippen LogP contribution is 2.19. The van der Waals surface area contributed by atoms with Gasteiger partial charge in [0.2, 0.25) is 0 Å². The van der Waals surface area contributed by atoms with Crippen LogP contribution in [0.15, 0.2) is 18.2 Å². The summed E-state index contributed by atoms with van der Waals surface area (Å²) in [5.74, 6) is 1.72.